The summed E-state index contributed by atoms with van der Waals surface area (Å²) in [6, 6.07) is 8.36. The van der Waals surface area contributed by atoms with Crippen LogP contribution in [0.5, 0.6) is 0 Å². The first-order valence-electron chi connectivity index (χ1n) is 6.76. The molecule has 2 rings (SSSR count). The Kier molecular flexibility index (Phi) is 4.37. The van der Waals surface area contributed by atoms with Gasteiger partial charge in [-0.1, -0.05) is 37.6 Å². The van der Waals surface area contributed by atoms with Crippen LogP contribution in [-0.4, -0.2) is 23.2 Å². The Morgan fingerprint density at radius 2 is 2.17 bits per heavy atom. The van der Waals surface area contributed by atoms with Crippen molar-refractivity contribution in [2.24, 2.45) is 0 Å². The molecule has 2 atom stereocenters. The van der Waals surface area contributed by atoms with Gasteiger partial charge in [0.05, 0.1) is 0 Å². The van der Waals surface area contributed by atoms with Gasteiger partial charge in [-0.25, -0.2) is 0 Å². The quantitative estimate of drug-likeness (QED) is 0.840. The predicted octanol–water partition coefficient (Wildman–Crippen LogP) is 2.39. The summed E-state index contributed by atoms with van der Waals surface area (Å²) in [5, 5.41) is 12.5. The summed E-state index contributed by atoms with van der Waals surface area (Å²) in [7, 11) is 0. The van der Waals surface area contributed by atoms with E-state index in [1.807, 2.05) is 6.92 Å². The van der Waals surface area contributed by atoms with Gasteiger partial charge in [0.1, 0.15) is 6.04 Å². The van der Waals surface area contributed by atoms with E-state index < -0.39 is 12.0 Å². The molecule has 18 heavy (non-hydrogen) atoms. The van der Waals surface area contributed by atoms with Gasteiger partial charge in [0.2, 0.25) is 0 Å². The van der Waals surface area contributed by atoms with E-state index in [9.17, 15) is 4.79 Å². The van der Waals surface area contributed by atoms with Gasteiger partial charge < -0.3 is 10.4 Å². The highest BCUT2D eigenvalue weighted by molar-refractivity contribution is 5.73. The van der Waals surface area contributed by atoms with Crippen LogP contribution in [0.3, 0.4) is 0 Å². The highest BCUT2D eigenvalue weighted by atomic mass is 16.4. The van der Waals surface area contributed by atoms with Gasteiger partial charge in [-0.2, -0.15) is 0 Å². The Balaban J connectivity index is 1.98. The van der Waals surface area contributed by atoms with Gasteiger partial charge in [0.25, 0.3) is 0 Å². The van der Waals surface area contributed by atoms with Crippen LogP contribution in [0.4, 0.5) is 0 Å². The van der Waals surface area contributed by atoms with Crippen molar-refractivity contribution in [3.05, 3.63) is 35.4 Å². The lowest BCUT2D eigenvalue weighted by Gasteiger charge is -2.28. The highest BCUT2D eigenvalue weighted by Gasteiger charge is 2.23. The molecule has 0 radical (unpaired) electrons. The number of rotatable bonds is 5. The molecule has 0 amide bonds. The molecule has 3 heteroatoms. The molecule has 0 bridgehead atoms. The summed E-state index contributed by atoms with van der Waals surface area (Å²) in [5.74, 6) is -0.726. The molecule has 0 fully saturated rings. The lowest BCUT2D eigenvalue weighted by molar-refractivity contribution is -0.139. The summed E-state index contributed by atoms with van der Waals surface area (Å²) in [4.78, 5) is 11.1. The van der Waals surface area contributed by atoms with Crippen LogP contribution in [-0.2, 0) is 17.6 Å². The topological polar surface area (TPSA) is 49.3 Å². The molecule has 0 aromatic heterocycles. The number of aliphatic carboxylic acids is 1. The molecule has 1 aliphatic carbocycles. The van der Waals surface area contributed by atoms with Gasteiger partial charge in [0.15, 0.2) is 0 Å². The van der Waals surface area contributed by atoms with Gasteiger partial charge in [0, 0.05) is 6.04 Å². The van der Waals surface area contributed by atoms with E-state index in [1.54, 1.807) is 0 Å². The van der Waals surface area contributed by atoms with E-state index >= 15 is 0 Å². The first-order chi connectivity index (χ1) is 8.70. The lowest BCUT2D eigenvalue weighted by atomic mass is 9.88. The van der Waals surface area contributed by atoms with Crippen LogP contribution >= 0.6 is 0 Å². The smallest absolute Gasteiger partial charge is 0.320 e. The molecule has 2 N–H and O–H groups in total. The summed E-state index contributed by atoms with van der Waals surface area (Å²) >= 11 is 0. The molecular weight excluding hydrogens is 226 g/mol. The number of carbonyl (C=O) groups is 1. The van der Waals surface area contributed by atoms with Crippen molar-refractivity contribution in [2.45, 2.75) is 51.1 Å². The summed E-state index contributed by atoms with van der Waals surface area (Å²) in [6.45, 7) is 2.02. The molecule has 0 aliphatic heterocycles. The second-order valence-electron chi connectivity index (χ2n) is 5.05. The fourth-order valence-electron chi connectivity index (χ4n) is 2.69. The molecule has 0 saturated heterocycles. The predicted molar refractivity (Wildman–Crippen MR) is 71.7 cm³/mol. The first kappa shape index (κ1) is 13.1. The molecule has 0 saturated carbocycles. The van der Waals surface area contributed by atoms with Crippen molar-refractivity contribution in [3.63, 3.8) is 0 Å². The van der Waals surface area contributed by atoms with E-state index in [2.05, 4.69) is 29.6 Å². The van der Waals surface area contributed by atoms with E-state index in [0.29, 0.717) is 12.5 Å². The molecular formula is C15H21NO2. The summed E-state index contributed by atoms with van der Waals surface area (Å²) in [5.41, 5.74) is 2.78. The molecule has 1 aromatic carbocycles. The zero-order chi connectivity index (χ0) is 13.0. The van der Waals surface area contributed by atoms with Crippen LogP contribution in [0.25, 0.3) is 0 Å². The minimum absolute atomic E-state index is 0.299. The zero-order valence-corrected chi connectivity index (χ0v) is 10.9. The maximum atomic E-state index is 11.1. The Bertz CT molecular complexity index is 417. The van der Waals surface area contributed by atoms with Crippen LogP contribution in [0.15, 0.2) is 24.3 Å². The number of aryl methyl sites for hydroxylation is 1. The summed E-state index contributed by atoms with van der Waals surface area (Å²) < 4.78 is 0. The SMILES string of the molecule is CCCC(N[C@H]1CCc2ccccc2C1)C(=O)O. The fourth-order valence-corrected chi connectivity index (χ4v) is 2.69. The number of nitrogens with one attached hydrogen (secondary N) is 1. The monoisotopic (exact) mass is 247 g/mol. The van der Waals surface area contributed by atoms with Crippen molar-refractivity contribution in [1.82, 2.24) is 5.32 Å². The lowest BCUT2D eigenvalue weighted by Crippen LogP contribution is -2.45. The zero-order valence-electron chi connectivity index (χ0n) is 10.9. The molecule has 0 spiro atoms. The van der Waals surface area contributed by atoms with Crippen LogP contribution in [0.1, 0.15) is 37.3 Å². The van der Waals surface area contributed by atoms with E-state index in [4.69, 9.17) is 5.11 Å². The average Bonchev–Trinajstić information content (AvgIpc) is 2.38. The normalized spacial score (nSPS) is 20.2. The number of carboxylic acid groups (broad SMARTS) is 1. The number of benzene rings is 1. The van der Waals surface area contributed by atoms with Gasteiger partial charge in [-0.05, 0) is 36.8 Å². The standard InChI is InChI=1S/C15H21NO2/c1-2-5-14(15(17)18)16-13-9-8-11-6-3-4-7-12(11)10-13/h3-4,6-7,13-14,16H,2,5,8-10H2,1H3,(H,17,18)/t13-,14?/m0/s1. The molecule has 98 valence electrons. The van der Waals surface area contributed by atoms with E-state index in [1.165, 1.54) is 11.1 Å². The highest BCUT2D eigenvalue weighted by Crippen LogP contribution is 2.21. The minimum atomic E-state index is -0.726. The largest absolute Gasteiger partial charge is 0.480 e. The molecule has 1 unspecified atom stereocenters. The Hall–Kier alpha value is -1.35. The third-order valence-corrected chi connectivity index (χ3v) is 3.66. The van der Waals surface area contributed by atoms with Crippen molar-refractivity contribution in [1.29, 1.82) is 0 Å². The molecule has 1 aromatic rings. The number of fused-ring (bicyclic) bond motifs is 1. The minimum Gasteiger partial charge on any atom is -0.480 e. The fraction of sp³-hybridized carbons (Fsp3) is 0.533. The van der Waals surface area contributed by atoms with Gasteiger partial charge >= 0.3 is 5.97 Å². The van der Waals surface area contributed by atoms with Crippen molar-refractivity contribution in [2.75, 3.05) is 0 Å². The first-order valence-corrected chi connectivity index (χ1v) is 6.76. The second-order valence-corrected chi connectivity index (χ2v) is 5.05. The van der Waals surface area contributed by atoms with Gasteiger partial charge in [-0.15, -0.1) is 0 Å². The Morgan fingerprint density at radius 1 is 1.44 bits per heavy atom. The molecule has 3 nitrogen and oxygen atoms in total. The van der Waals surface area contributed by atoms with Crippen molar-refractivity contribution < 1.29 is 9.90 Å². The number of hydrogen-bond acceptors (Lipinski definition) is 2. The summed E-state index contributed by atoms with van der Waals surface area (Å²) in [6.07, 6.45) is 4.63. The van der Waals surface area contributed by atoms with Gasteiger partial charge in [-0.3, -0.25) is 4.79 Å². The van der Waals surface area contributed by atoms with Crippen molar-refractivity contribution in [3.8, 4) is 0 Å². The number of hydrogen-bond donors (Lipinski definition) is 2. The van der Waals surface area contributed by atoms with Crippen LogP contribution in [0.2, 0.25) is 0 Å². The third kappa shape index (κ3) is 3.10. The molecule has 0 heterocycles. The average molecular weight is 247 g/mol. The van der Waals surface area contributed by atoms with E-state index in [-0.39, 0.29) is 0 Å². The van der Waals surface area contributed by atoms with E-state index in [0.717, 1.165) is 25.7 Å². The maximum absolute atomic E-state index is 11.1. The maximum Gasteiger partial charge on any atom is 0.320 e. The Labute approximate surface area is 108 Å². The molecule has 1 aliphatic rings. The third-order valence-electron chi connectivity index (χ3n) is 3.66. The second kappa shape index (κ2) is 6.01. The van der Waals surface area contributed by atoms with Crippen LogP contribution < -0.4 is 5.32 Å². The van der Waals surface area contributed by atoms with Crippen LogP contribution in [0, 0.1) is 0 Å². The Morgan fingerprint density at radius 3 is 2.83 bits per heavy atom. The number of carboxylic acids is 1. The van der Waals surface area contributed by atoms with Crippen molar-refractivity contribution >= 4 is 5.97 Å².